The highest BCUT2D eigenvalue weighted by atomic mass is 35.5. The molecule has 10 aromatic heterocycles. The predicted molar refractivity (Wildman–Crippen MR) is 244 cm³/mol. The summed E-state index contributed by atoms with van der Waals surface area (Å²) in [5.74, 6) is -1.09. The lowest BCUT2D eigenvalue weighted by molar-refractivity contribution is -0.104. The number of aromatic nitrogens is 8. The number of esters is 1. The molecule has 10 rings (SSSR count). The summed E-state index contributed by atoms with van der Waals surface area (Å²) in [4.78, 5) is 75.5. The monoisotopic (exact) mass is 882 g/mol. The van der Waals surface area contributed by atoms with Crippen LogP contribution >= 0.6 is 34.3 Å². The fourth-order valence-electron chi connectivity index (χ4n) is 6.26. The van der Waals surface area contributed by atoms with E-state index in [1.165, 1.54) is 28.7 Å². The van der Waals surface area contributed by atoms with Crippen molar-refractivity contribution in [2.45, 2.75) is 13.8 Å². The molecule has 10 heterocycles. The molecule has 0 aliphatic carbocycles. The first-order chi connectivity index (χ1) is 30.2. The fourth-order valence-corrected chi connectivity index (χ4v) is 8.28. The minimum Gasteiger partial charge on any atom is -0.477 e. The van der Waals surface area contributed by atoms with Gasteiger partial charge < -0.3 is 29.8 Å². The maximum atomic E-state index is 11.7. The highest BCUT2D eigenvalue weighted by molar-refractivity contribution is 7.17. The summed E-state index contributed by atoms with van der Waals surface area (Å²) in [5, 5.41) is 13.2. The number of aromatic carboxylic acids is 1. The first kappa shape index (κ1) is 42.6. The summed E-state index contributed by atoms with van der Waals surface area (Å²) < 4.78 is 5.00. The van der Waals surface area contributed by atoms with Gasteiger partial charge in [-0.05, 0) is 92.7 Å². The number of allylic oxidation sites excluding steroid dienone is 1. The second-order valence-electron chi connectivity index (χ2n) is 13.0. The van der Waals surface area contributed by atoms with E-state index in [2.05, 4.69) is 39.9 Å². The minimum atomic E-state index is -0.890. The molecule has 5 N–H and O–H groups in total. The molecule has 14 nitrogen and oxygen atoms in total. The zero-order chi connectivity index (χ0) is 43.6. The number of Topliss-reactive ketones (excluding diaryl/α,β-unsaturated/α-hetero) is 1. The van der Waals surface area contributed by atoms with Gasteiger partial charge in [0.15, 0.2) is 5.78 Å². The average Bonchev–Trinajstić information content (AvgIpc) is 4.15. The Morgan fingerprint density at radius 3 is 1.55 bits per heavy atom. The Hall–Kier alpha value is -7.53. The van der Waals surface area contributed by atoms with Gasteiger partial charge in [0.25, 0.3) is 0 Å². The van der Waals surface area contributed by atoms with Gasteiger partial charge >= 0.3 is 11.9 Å². The smallest absolute Gasteiger partial charge is 0.348 e. The van der Waals surface area contributed by atoms with Crippen molar-refractivity contribution in [3.05, 3.63) is 149 Å². The van der Waals surface area contributed by atoms with Gasteiger partial charge in [0, 0.05) is 103 Å². The van der Waals surface area contributed by atoms with Crippen LogP contribution < -0.4 is 0 Å². The molecule has 0 amide bonds. The molecule has 0 aliphatic rings. The van der Waals surface area contributed by atoms with Crippen LogP contribution in [-0.2, 0) is 9.53 Å². The maximum Gasteiger partial charge on any atom is 0.348 e. The normalized spacial score (nSPS) is 11.0. The van der Waals surface area contributed by atoms with Crippen molar-refractivity contribution in [3.8, 4) is 20.9 Å². The van der Waals surface area contributed by atoms with Gasteiger partial charge in [-0.1, -0.05) is 11.6 Å². The molecule has 0 radical (unpaired) electrons. The molecule has 0 saturated carbocycles. The van der Waals surface area contributed by atoms with Crippen LogP contribution in [0.2, 0.25) is 0 Å². The van der Waals surface area contributed by atoms with Crippen LogP contribution in [-0.4, -0.2) is 75.6 Å². The molecule has 0 aliphatic heterocycles. The lowest BCUT2D eigenvalue weighted by atomic mass is 10.2. The number of carboxylic acids is 1. The SMILES string of the molecule is CC(=O)c1c[nH]c2ncccc12.CCOC(=O)c1ccc(-c2c[nH]c3ncccc23)s1.O=C(O)c1ccc(-c2c[nH]c3ncccc23)s1.O=C/C=C(/Cl)c1c[nH]c2ncccc12. The number of carbonyl (C=O) groups is 4. The molecule has 0 bridgehead atoms. The number of halogens is 1. The number of carboxylic acid groups (broad SMARTS) is 1. The number of H-pyrrole nitrogens is 4. The van der Waals surface area contributed by atoms with E-state index in [0.717, 1.165) is 70.6 Å². The summed E-state index contributed by atoms with van der Waals surface area (Å²) in [6, 6.07) is 22.4. The lowest BCUT2D eigenvalue weighted by Gasteiger charge is -1.97. The molecule has 0 atom stereocenters. The number of aldehydes is 1. The Morgan fingerprint density at radius 2 is 1.08 bits per heavy atom. The predicted octanol–water partition coefficient (Wildman–Crippen LogP) is 10.6. The van der Waals surface area contributed by atoms with Gasteiger partial charge in [-0.2, -0.15) is 0 Å². The van der Waals surface area contributed by atoms with Crippen LogP contribution in [0.15, 0.2) is 128 Å². The van der Waals surface area contributed by atoms with Crippen LogP contribution in [0, 0.1) is 0 Å². The van der Waals surface area contributed by atoms with Gasteiger partial charge in [0.05, 0.1) is 11.6 Å². The lowest BCUT2D eigenvalue weighted by Crippen LogP contribution is -2.01. The third kappa shape index (κ3) is 9.58. The number of ketones is 1. The molecule has 0 unspecified atom stereocenters. The van der Waals surface area contributed by atoms with Crippen LogP contribution in [0.1, 0.15) is 49.1 Å². The summed E-state index contributed by atoms with van der Waals surface area (Å²) >= 11 is 8.61. The van der Waals surface area contributed by atoms with Crippen LogP contribution in [0.5, 0.6) is 0 Å². The van der Waals surface area contributed by atoms with Crippen molar-refractivity contribution in [2.75, 3.05) is 6.61 Å². The first-order valence-electron chi connectivity index (χ1n) is 18.8. The zero-order valence-corrected chi connectivity index (χ0v) is 35.3. The van der Waals surface area contributed by atoms with Crippen molar-refractivity contribution in [3.63, 3.8) is 0 Å². The number of nitrogens with zero attached hydrogens (tertiary/aromatic N) is 4. The van der Waals surface area contributed by atoms with Crippen molar-refractivity contribution < 1.29 is 29.0 Å². The van der Waals surface area contributed by atoms with E-state index < -0.39 is 5.97 Å². The summed E-state index contributed by atoms with van der Waals surface area (Å²) in [6.45, 7) is 3.75. The summed E-state index contributed by atoms with van der Waals surface area (Å²) in [5.41, 5.74) is 6.74. The van der Waals surface area contributed by atoms with E-state index in [-0.39, 0.29) is 11.8 Å². The van der Waals surface area contributed by atoms with E-state index in [9.17, 15) is 19.2 Å². The zero-order valence-electron chi connectivity index (χ0n) is 32.9. The van der Waals surface area contributed by atoms with Crippen molar-refractivity contribution in [2.24, 2.45) is 0 Å². The number of hydrogen-bond donors (Lipinski definition) is 5. The molecule has 10 aromatic rings. The van der Waals surface area contributed by atoms with Crippen LogP contribution in [0.4, 0.5) is 0 Å². The Labute approximate surface area is 365 Å². The molecular formula is C45H35ClN8O6S2. The minimum absolute atomic E-state index is 0.0641. The van der Waals surface area contributed by atoms with Gasteiger partial charge in [-0.3, -0.25) is 9.59 Å². The van der Waals surface area contributed by atoms with Gasteiger partial charge in [-0.15, -0.1) is 22.7 Å². The van der Waals surface area contributed by atoms with Crippen molar-refractivity contribution >= 4 is 107 Å². The van der Waals surface area contributed by atoms with Crippen LogP contribution in [0.3, 0.4) is 0 Å². The first-order valence-corrected chi connectivity index (χ1v) is 20.8. The third-order valence-electron chi connectivity index (χ3n) is 9.09. The largest absolute Gasteiger partial charge is 0.477 e. The molecule has 0 aromatic carbocycles. The Bertz CT molecular complexity index is 3210. The molecule has 17 heteroatoms. The number of aromatic amines is 4. The average molecular weight is 883 g/mol. The molecular weight excluding hydrogens is 848 g/mol. The molecule has 0 spiro atoms. The van der Waals surface area contributed by atoms with Crippen molar-refractivity contribution in [1.82, 2.24) is 39.9 Å². The molecule has 310 valence electrons. The quantitative estimate of drug-likeness (QED) is 0.0421. The van der Waals surface area contributed by atoms with E-state index in [4.69, 9.17) is 21.4 Å². The highest BCUT2D eigenvalue weighted by Crippen LogP contribution is 2.34. The number of thiophene rings is 2. The standard InChI is InChI=1S/C14H12N2O2S.C12H8N2O2S.C10H7ClN2O.C9H8N2O/c1-2-18-14(17)12-6-5-11(19-12)10-8-16-13-9(10)4-3-7-15-13;15-12(16)10-4-3-9(17-10)8-6-14-11-7(8)2-1-5-13-11;11-9(3-5-14)8-6-13-10-7(8)2-1-4-12-10;1-6(12)8-5-11-9-7(8)3-2-4-10-9/h3-8H,2H2,1H3,(H,15,16);1-6H,(H,13,14)(H,15,16);1-6H,(H,12,13);2-5H,1H3,(H,10,11)/b;;9-3+;. The summed E-state index contributed by atoms with van der Waals surface area (Å²) in [7, 11) is 0. The number of hydrogen-bond acceptors (Lipinski definition) is 11. The van der Waals surface area contributed by atoms with E-state index in [1.807, 2.05) is 73.1 Å². The summed E-state index contributed by atoms with van der Waals surface area (Å²) in [6.07, 6.45) is 16.0. The second kappa shape index (κ2) is 19.7. The van der Waals surface area contributed by atoms with Gasteiger partial charge in [0.1, 0.15) is 38.6 Å². The Balaban J connectivity index is 0.000000126. The van der Waals surface area contributed by atoms with Gasteiger partial charge in [-0.25, -0.2) is 29.5 Å². The van der Waals surface area contributed by atoms with E-state index in [1.54, 1.807) is 63.2 Å². The third-order valence-corrected chi connectivity index (χ3v) is 11.6. The number of pyridine rings is 4. The van der Waals surface area contributed by atoms with E-state index >= 15 is 0 Å². The number of fused-ring (bicyclic) bond motifs is 4. The Kier molecular flexibility index (Phi) is 13.5. The van der Waals surface area contributed by atoms with Crippen LogP contribution in [0.25, 0.3) is 70.0 Å². The Morgan fingerprint density at radius 1 is 0.645 bits per heavy atom. The molecule has 0 saturated heterocycles. The van der Waals surface area contributed by atoms with Crippen molar-refractivity contribution in [1.29, 1.82) is 0 Å². The fraction of sp³-hybridized carbons (Fsp3) is 0.0667. The number of carbonyl (C=O) groups excluding carboxylic acids is 3. The number of ether oxygens (including phenoxy) is 1. The molecule has 0 fully saturated rings. The molecule has 62 heavy (non-hydrogen) atoms. The second-order valence-corrected chi connectivity index (χ2v) is 15.5. The topological polar surface area (TPSA) is 212 Å². The maximum absolute atomic E-state index is 11.7. The van der Waals surface area contributed by atoms with Gasteiger partial charge in [0.2, 0.25) is 0 Å². The highest BCUT2D eigenvalue weighted by Gasteiger charge is 2.15. The van der Waals surface area contributed by atoms with E-state index in [0.29, 0.717) is 33.2 Å². The number of nitrogens with one attached hydrogen (secondary N) is 4. The number of rotatable bonds is 8.